The van der Waals surface area contributed by atoms with E-state index in [2.05, 4.69) is 13.8 Å². The second-order valence-electron chi connectivity index (χ2n) is 11.4. The first-order chi connectivity index (χ1) is 20.9. The highest BCUT2D eigenvalue weighted by molar-refractivity contribution is 7.87. The Morgan fingerprint density at radius 1 is 0.455 bits per heavy atom. The quantitative estimate of drug-likeness (QED) is 0.146. The molecule has 0 atom stereocenters. The molecule has 0 radical (unpaired) electrons. The molecule has 12 nitrogen and oxygen atoms in total. The van der Waals surface area contributed by atoms with Crippen LogP contribution in [-0.4, -0.2) is 37.8 Å². The third-order valence-corrected chi connectivity index (χ3v) is 10.0. The molecule has 0 unspecified atom stereocenters. The summed E-state index contributed by atoms with van der Waals surface area (Å²) in [6.07, 6.45) is 14.7. The van der Waals surface area contributed by atoms with Gasteiger partial charge in [-0.15, -0.1) is 0 Å². The van der Waals surface area contributed by atoms with Crippen molar-refractivity contribution >= 4 is 41.8 Å². The van der Waals surface area contributed by atoms with E-state index in [1.54, 1.807) is 0 Å². The molecule has 246 valence electrons. The maximum atomic E-state index is 12.9. The molecular formula is C30H44N2O10S2. The van der Waals surface area contributed by atoms with E-state index in [1.807, 2.05) is 0 Å². The Morgan fingerprint density at radius 2 is 0.705 bits per heavy atom. The highest BCUT2D eigenvalue weighted by Gasteiger charge is 2.25. The van der Waals surface area contributed by atoms with E-state index < -0.39 is 42.5 Å². The van der Waals surface area contributed by atoms with Gasteiger partial charge in [0.1, 0.15) is 0 Å². The normalized spacial score (nSPS) is 12.4. The average Bonchev–Trinajstić information content (AvgIpc) is 3.34. The van der Waals surface area contributed by atoms with Crippen LogP contribution in [0.25, 0.3) is 21.5 Å². The summed E-state index contributed by atoms with van der Waals surface area (Å²) in [6.45, 7) is 4.25. The Kier molecular flexibility index (Phi) is 13.2. The molecule has 0 saturated carbocycles. The summed E-state index contributed by atoms with van der Waals surface area (Å²) in [7, 11) is -8.55. The number of nitrogens with zero attached hydrogens (tertiary/aromatic N) is 2. The maximum absolute atomic E-state index is 12.9. The van der Waals surface area contributed by atoms with Gasteiger partial charge in [-0.25, -0.2) is 0 Å². The predicted octanol–water partition coefficient (Wildman–Crippen LogP) is 3.71. The van der Waals surface area contributed by atoms with Gasteiger partial charge >= 0.3 is 20.2 Å². The lowest BCUT2D eigenvalue weighted by atomic mass is 10.1. The van der Waals surface area contributed by atoms with Crippen LogP contribution in [0, 0.1) is 0 Å². The molecule has 3 rings (SSSR count). The van der Waals surface area contributed by atoms with Gasteiger partial charge in [0, 0.05) is 0 Å². The van der Waals surface area contributed by atoms with E-state index in [0.717, 1.165) is 76.3 Å². The molecular weight excluding hydrogens is 612 g/mol. The fourth-order valence-corrected chi connectivity index (χ4v) is 7.18. The topological polar surface area (TPSA) is 165 Å². The smallest absolute Gasteiger partial charge is 0.280 e. The maximum Gasteiger partial charge on any atom is 0.327 e. The lowest BCUT2D eigenvalue weighted by Crippen LogP contribution is -2.37. The van der Waals surface area contributed by atoms with Crippen molar-refractivity contribution in [1.82, 2.24) is 9.46 Å². The number of aromatic nitrogens is 2. The number of hydrogen-bond acceptors (Lipinski definition) is 10. The molecule has 0 spiro atoms. The summed E-state index contributed by atoms with van der Waals surface area (Å²) >= 11 is 0. The molecule has 14 heteroatoms. The van der Waals surface area contributed by atoms with Gasteiger partial charge in [0.15, 0.2) is 0 Å². The molecule has 2 heterocycles. The van der Waals surface area contributed by atoms with E-state index in [9.17, 15) is 36.0 Å². The minimum atomic E-state index is -4.27. The number of fused-ring (bicyclic) bond motifs is 2. The summed E-state index contributed by atoms with van der Waals surface area (Å²) in [5, 5.41) is -1.39. The van der Waals surface area contributed by atoms with Crippen molar-refractivity contribution in [2.75, 3.05) is 11.5 Å². The molecule has 0 saturated heterocycles. The van der Waals surface area contributed by atoms with Crippen LogP contribution in [0.1, 0.15) is 117 Å². The zero-order valence-corrected chi connectivity index (χ0v) is 27.3. The van der Waals surface area contributed by atoms with E-state index in [4.69, 9.17) is 8.57 Å². The van der Waals surface area contributed by atoms with Crippen LogP contribution in [0.2, 0.25) is 0 Å². The zero-order chi connectivity index (χ0) is 32.3. The average molecular weight is 657 g/mol. The van der Waals surface area contributed by atoms with Crippen molar-refractivity contribution in [3.8, 4) is 0 Å². The number of unbranched alkanes of at least 4 members (excludes halogenated alkanes) is 14. The molecule has 3 aromatic rings. The van der Waals surface area contributed by atoms with Gasteiger partial charge in [0.2, 0.25) is 0 Å². The minimum Gasteiger partial charge on any atom is -0.280 e. The Hall–Kier alpha value is -3.00. The van der Waals surface area contributed by atoms with Crippen LogP contribution in [-0.2, 0) is 20.2 Å². The number of benzene rings is 1. The summed E-state index contributed by atoms with van der Waals surface area (Å²) in [5.74, 6) is -0.773. The number of rotatable bonds is 22. The standard InChI is InChI=1S/C30H44N2O10S2/c1-3-5-7-9-11-13-15-17-19-43(37,38)41-31-27(33)23-21-25-26(22-24(23)28(31)34)30(36)32(29(25)35)42-44(39,40)20-18-16-14-12-10-8-6-4-2/h21-22H,3-20H2,1-2H3. The van der Waals surface area contributed by atoms with Crippen molar-refractivity contribution in [3.63, 3.8) is 0 Å². The van der Waals surface area contributed by atoms with Gasteiger partial charge in [0.05, 0.1) is 33.1 Å². The van der Waals surface area contributed by atoms with Gasteiger partial charge in [-0.3, -0.25) is 27.7 Å². The van der Waals surface area contributed by atoms with Crippen molar-refractivity contribution in [2.24, 2.45) is 0 Å². The van der Waals surface area contributed by atoms with Crippen molar-refractivity contribution in [2.45, 2.75) is 117 Å². The van der Waals surface area contributed by atoms with Gasteiger partial charge in [-0.05, 0) is 25.0 Å². The number of hydrogen-bond donors (Lipinski definition) is 0. The van der Waals surface area contributed by atoms with Crippen LogP contribution in [0.3, 0.4) is 0 Å². The third kappa shape index (κ3) is 9.50. The van der Waals surface area contributed by atoms with Gasteiger partial charge < -0.3 is 0 Å². The first-order valence-corrected chi connectivity index (χ1v) is 18.9. The molecule has 0 N–H and O–H groups in total. The Balaban J connectivity index is 1.69. The second-order valence-corrected chi connectivity index (χ2v) is 14.7. The summed E-state index contributed by atoms with van der Waals surface area (Å²) < 4.78 is 59.9. The van der Waals surface area contributed by atoms with Crippen molar-refractivity contribution < 1.29 is 25.4 Å². The lowest BCUT2D eigenvalue weighted by molar-refractivity contribution is 0.262. The molecule has 44 heavy (non-hydrogen) atoms. The van der Waals surface area contributed by atoms with Gasteiger partial charge in [0.25, 0.3) is 22.2 Å². The lowest BCUT2D eigenvalue weighted by Gasteiger charge is -2.05. The first kappa shape index (κ1) is 35.5. The SMILES string of the molecule is CCCCCCCCCCS(=O)(=O)On1c(=O)c2cc3c(=O)n(OS(=O)(=O)CCCCCCCCCC)c(=O)c3cc2c1=O. The van der Waals surface area contributed by atoms with Crippen molar-refractivity contribution in [3.05, 3.63) is 53.5 Å². The van der Waals surface area contributed by atoms with Crippen LogP contribution in [0.5, 0.6) is 0 Å². The van der Waals surface area contributed by atoms with E-state index in [-0.39, 0.29) is 42.5 Å². The third-order valence-electron chi connectivity index (χ3n) is 7.69. The molecule has 2 aromatic heterocycles. The second kappa shape index (κ2) is 16.4. The van der Waals surface area contributed by atoms with Crippen LogP contribution < -0.4 is 30.8 Å². The zero-order valence-electron chi connectivity index (χ0n) is 25.7. The van der Waals surface area contributed by atoms with E-state index in [0.29, 0.717) is 25.7 Å². The van der Waals surface area contributed by atoms with E-state index in [1.165, 1.54) is 12.8 Å². The van der Waals surface area contributed by atoms with Crippen LogP contribution >= 0.6 is 0 Å². The monoisotopic (exact) mass is 656 g/mol. The molecule has 0 fully saturated rings. The Labute approximate surface area is 257 Å². The summed E-state index contributed by atoms with van der Waals surface area (Å²) in [4.78, 5) is 51.6. The van der Waals surface area contributed by atoms with Crippen LogP contribution in [0.4, 0.5) is 0 Å². The van der Waals surface area contributed by atoms with Crippen LogP contribution in [0.15, 0.2) is 31.3 Å². The Morgan fingerprint density at radius 3 is 0.977 bits per heavy atom. The fourth-order valence-electron chi connectivity index (χ4n) is 5.19. The molecule has 1 aromatic carbocycles. The largest absolute Gasteiger partial charge is 0.327 e. The Bertz CT molecular complexity index is 1610. The summed E-state index contributed by atoms with van der Waals surface area (Å²) in [5.41, 5.74) is -4.47. The van der Waals surface area contributed by atoms with Gasteiger partial charge in [-0.1, -0.05) is 113 Å². The molecule has 0 amide bonds. The van der Waals surface area contributed by atoms with Gasteiger partial charge in [-0.2, -0.15) is 16.8 Å². The minimum absolute atomic E-state index is 0.109. The van der Waals surface area contributed by atoms with Crippen molar-refractivity contribution in [1.29, 1.82) is 0 Å². The predicted molar refractivity (Wildman–Crippen MR) is 171 cm³/mol. The highest BCUT2D eigenvalue weighted by atomic mass is 32.2. The molecule has 0 aliphatic rings. The summed E-state index contributed by atoms with van der Waals surface area (Å²) in [6, 6.07) is 1.91. The molecule has 0 aliphatic carbocycles. The molecule has 0 aliphatic heterocycles. The van der Waals surface area contributed by atoms with E-state index >= 15 is 0 Å². The molecule has 0 bridgehead atoms. The fraction of sp³-hybridized carbons (Fsp3) is 0.667. The highest BCUT2D eigenvalue weighted by Crippen LogP contribution is 2.15. The first-order valence-electron chi connectivity index (χ1n) is 15.7.